The second-order valence-corrected chi connectivity index (χ2v) is 4.14. The van der Waals surface area contributed by atoms with Crippen LogP contribution in [0, 0.1) is 0 Å². The predicted molar refractivity (Wildman–Crippen MR) is 70.1 cm³/mol. The van der Waals surface area contributed by atoms with Crippen LogP contribution >= 0.6 is 0 Å². The second kappa shape index (κ2) is 7.20. The molecule has 0 fully saturated rings. The fourth-order valence-corrected chi connectivity index (χ4v) is 1.79. The molecule has 0 radical (unpaired) electrons. The first-order valence-corrected chi connectivity index (χ1v) is 5.84. The smallest absolute Gasteiger partial charge is 0.0233 e. The molecule has 0 amide bonds. The number of nitrogens with zero attached hydrogens (tertiary/aromatic N) is 1. The van der Waals surface area contributed by atoms with Gasteiger partial charge in [-0.1, -0.05) is 30.3 Å². The molecule has 1 aromatic carbocycles. The van der Waals surface area contributed by atoms with Crippen molar-refractivity contribution in [3.63, 3.8) is 0 Å². The van der Waals surface area contributed by atoms with Gasteiger partial charge >= 0.3 is 0 Å². The van der Waals surface area contributed by atoms with Gasteiger partial charge in [0.2, 0.25) is 0 Å². The zero-order chi connectivity index (χ0) is 11.8. The van der Waals surface area contributed by atoms with Crippen LogP contribution in [0.25, 0.3) is 0 Å². The Hall–Kier alpha value is -1.12. The molecule has 2 N–H and O–H groups in total. The molecule has 88 valence electrons. The topological polar surface area (TPSA) is 29.3 Å². The molecule has 0 aromatic heterocycles. The summed E-state index contributed by atoms with van der Waals surface area (Å²) in [5, 5.41) is 0. The van der Waals surface area contributed by atoms with E-state index >= 15 is 0 Å². The van der Waals surface area contributed by atoms with Gasteiger partial charge in [-0.25, -0.2) is 0 Å². The quantitative estimate of drug-likeness (QED) is 0.563. The van der Waals surface area contributed by atoms with Gasteiger partial charge in [0.15, 0.2) is 0 Å². The maximum Gasteiger partial charge on any atom is 0.0233 e. The molecule has 0 heterocycles. The molecule has 2 heteroatoms. The number of benzene rings is 1. The lowest BCUT2D eigenvalue weighted by atomic mass is 10.1. The Balaban J connectivity index is 2.48. The molecule has 0 aliphatic rings. The van der Waals surface area contributed by atoms with E-state index in [1.54, 1.807) is 0 Å². The Morgan fingerprint density at radius 1 is 1.31 bits per heavy atom. The highest BCUT2D eigenvalue weighted by molar-refractivity contribution is 5.26. The summed E-state index contributed by atoms with van der Waals surface area (Å²) in [6.45, 7) is 6.43. The van der Waals surface area contributed by atoms with Gasteiger partial charge in [0.1, 0.15) is 0 Å². The Labute approximate surface area is 98.8 Å². The van der Waals surface area contributed by atoms with Crippen LogP contribution in [-0.4, -0.2) is 18.5 Å². The van der Waals surface area contributed by atoms with Gasteiger partial charge in [0.05, 0.1) is 0 Å². The molecule has 0 aliphatic heterocycles. The molecule has 0 unspecified atom stereocenters. The van der Waals surface area contributed by atoms with Crippen molar-refractivity contribution in [1.82, 2.24) is 4.90 Å². The third-order valence-electron chi connectivity index (χ3n) is 2.73. The molecule has 0 spiro atoms. The molecule has 0 atom stereocenters. The highest BCUT2D eigenvalue weighted by Crippen LogP contribution is 2.10. The van der Waals surface area contributed by atoms with Crippen LogP contribution in [0.1, 0.15) is 24.0 Å². The lowest BCUT2D eigenvalue weighted by molar-refractivity contribution is 0.322. The maximum atomic E-state index is 5.72. The van der Waals surface area contributed by atoms with Gasteiger partial charge in [-0.15, -0.1) is 6.58 Å². The van der Waals surface area contributed by atoms with Crippen molar-refractivity contribution in [2.24, 2.45) is 5.73 Å². The van der Waals surface area contributed by atoms with Crippen molar-refractivity contribution in [1.29, 1.82) is 0 Å². The summed E-state index contributed by atoms with van der Waals surface area (Å²) in [5.41, 5.74) is 8.30. The highest BCUT2D eigenvalue weighted by atomic mass is 15.1. The molecular weight excluding hydrogens is 196 g/mol. The Morgan fingerprint density at radius 2 is 2.00 bits per heavy atom. The zero-order valence-electron chi connectivity index (χ0n) is 10.2. The van der Waals surface area contributed by atoms with Crippen molar-refractivity contribution < 1.29 is 0 Å². The van der Waals surface area contributed by atoms with E-state index in [0.29, 0.717) is 6.54 Å². The average Bonchev–Trinajstić information content (AvgIpc) is 2.30. The fraction of sp³-hybridized carbons (Fsp3) is 0.429. The van der Waals surface area contributed by atoms with E-state index in [0.717, 1.165) is 19.5 Å². The van der Waals surface area contributed by atoms with E-state index in [9.17, 15) is 0 Å². The van der Waals surface area contributed by atoms with Gasteiger partial charge in [-0.05, 0) is 37.6 Å². The van der Waals surface area contributed by atoms with E-state index in [-0.39, 0.29) is 0 Å². The minimum atomic E-state index is 0.622. The molecule has 1 rings (SSSR count). The first-order valence-electron chi connectivity index (χ1n) is 5.84. The van der Waals surface area contributed by atoms with Gasteiger partial charge in [0.25, 0.3) is 0 Å². The minimum absolute atomic E-state index is 0.622. The van der Waals surface area contributed by atoms with Crippen LogP contribution in [-0.2, 0) is 13.1 Å². The third kappa shape index (κ3) is 4.17. The van der Waals surface area contributed by atoms with Crippen molar-refractivity contribution in [2.45, 2.75) is 25.9 Å². The van der Waals surface area contributed by atoms with Gasteiger partial charge in [0, 0.05) is 13.1 Å². The maximum absolute atomic E-state index is 5.72. The summed E-state index contributed by atoms with van der Waals surface area (Å²) in [7, 11) is 2.15. The normalized spacial score (nSPS) is 10.7. The summed E-state index contributed by atoms with van der Waals surface area (Å²) in [6.07, 6.45) is 4.23. The fourth-order valence-electron chi connectivity index (χ4n) is 1.79. The zero-order valence-corrected chi connectivity index (χ0v) is 10.2. The van der Waals surface area contributed by atoms with Gasteiger partial charge in [-0.3, -0.25) is 0 Å². The lowest BCUT2D eigenvalue weighted by Gasteiger charge is -2.18. The third-order valence-corrected chi connectivity index (χ3v) is 2.73. The average molecular weight is 218 g/mol. The number of hydrogen-bond acceptors (Lipinski definition) is 2. The molecule has 0 aliphatic carbocycles. The SMILES string of the molecule is C=CCCCN(C)Cc1ccccc1CN. The summed E-state index contributed by atoms with van der Waals surface area (Å²) in [5.74, 6) is 0. The summed E-state index contributed by atoms with van der Waals surface area (Å²) < 4.78 is 0. The van der Waals surface area contributed by atoms with E-state index in [1.165, 1.54) is 17.5 Å². The largest absolute Gasteiger partial charge is 0.326 e. The predicted octanol–water partition coefficient (Wildman–Crippen LogP) is 2.54. The number of allylic oxidation sites excluding steroid dienone is 1. The molecule has 1 aromatic rings. The van der Waals surface area contributed by atoms with Crippen molar-refractivity contribution >= 4 is 0 Å². The summed E-state index contributed by atoms with van der Waals surface area (Å²) >= 11 is 0. The molecule has 0 saturated heterocycles. The molecule has 0 bridgehead atoms. The van der Waals surface area contributed by atoms with E-state index in [4.69, 9.17) is 5.73 Å². The first-order chi connectivity index (χ1) is 7.77. The van der Waals surface area contributed by atoms with Crippen LogP contribution in [0.3, 0.4) is 0 Å². The highest BCUT2D eigenvalue weighted by Gasteiger charge is 2.03. The number of hydrogen-bond donors (Lipinski definition) is 1. The Morgan fingerprint density at radius 3 is 2.62 bits per heavy atom. The monoisotopic (exact) mass is 218 g/mol. The molecule has 16 heavy (non-hydrogen) atoms. The second-order valence-electron chi connectivity index (χ2n) is 4.14. The minimum Gasteiger partial charge on any atom is -0.326 e. The van der Waals surface area contributed by atoms with E-state index < -0.39 is 0 Å². The lowest BCUT2D eigenvalue weighted by Crippen LogP contribution is -2.20. The van der Waals surface area contributed by atoms with Crippen LogP contribution < -0.4 is 5.73 Å². The van der Waals surface area contributed by atoms with E-state index in [2.05, 4.69) is 36.7 Å². The molecule has 0 saturated carbocycles. The van der Waals surface area contributed by atoms with Crippen molar-refractivity contribution in [3.05, 3.63) is 48.0 Å². The van der Waals surface area contributed by atoms with Crippen LogP contribution in [0.15, 0.2) is 36.9 Å². The number of unbranched alkanes of at least 4 members (excludes halogenated alkanes) is 1. The molecule has 2 nitrogen and oxygen atoms in total. The first kappa shape index (κ1) is 12.9. The Kier molecular flexibility index (Phi) is 5.83. The number of nitrogens with two attached hydrogens (primary N) is 1. The van der Waals surface area contributed by atoms with E-state index in [1.807, 2.05) is 12.1 Å². The van der Waals surface area contributed by atoms with Crippen molar-refractivity contribution in [3.8, 4) is 0 Å². The van der Waals surface area contributed by atoms with Gasteiger partial charge < -0.3 is 10.6 Å². The van der Waals surface area contributed by atoms with Crippen molar-refractivity contribution in [2.75, 3.05) is 13.6 Å². The standard InChI is InChI=1S/C14H22N2/c1-3-4-7-10-16(2)12-14-9-6-5-8-13(14)11-15/h3,5-6,8-9H,1,4,7,10-12,15H2,2H3. The Bertz CT molecular complexity index is 320. The number of rotatable bonds is 7. The summed E-state index contributed by atoms with van der Waals surface area (Å²) in [4.78, 5) is 2.33. The van der Waals surface area contributed by atoms with Gasteiger partial charge in [-0.2, -0.15) is 0 Å². The summed E-state index contributed by atoms with van der Waals surface area (Å²) in [6, 6.07) is 8.38. The van der Waals surface area contributed by atoms with Crippen LogP contribution in [0.2, 0.25) is 0 Å². The van der Waals surface area contributed by atoms with Crippen LogP contribution in [0.4, 0.5) is 0 Å². The molecular formula is C14H22N2. The van der Waals surface area contributed by atoms with Crippen LogP contribution in [0.5, 0.6) is 0 Å².